The van der Waals surface area contributed by atoms with E-state index in [0.717, 1.165) is 65.1 Å². The van der Waals surface area contributed by atoms with Gasteiger partial charge in [-0.15, -0.1) is 10.2 Å². The maximum Gasteiger partial charge on any atom is 0.327 e. The summed E-state index contributed by atoms with van der Waals surface area (Å²) in [6.45, 7) is 4.04. The first kappa shape index (κ1) is 20.7. The molecule has 4 heterocycles. The van der Waals surface area contributed by atoms with Crippen LogP contribution in [0.1, 0.15) is 31.7 Å². The predicted octanol–water partition coefficient (Wildman–Crippen LogP) is 2.64. The van der Waals surface area contributed by atoms with Crippen molar-refractivity contribution in [1.82, 2.24) is 25.2 Å². The number of hydrogen-bond donors (Lipinski definition) is 1. The molecule has 1 N–H and O–H groups in total. The number of piperidine rings is 1. The highest BCUT2D eigenvalue weighted by atomic mass is 32.1. The third-order valence-electron chi connectivity index (χ3n) is 5.94. The van der Waals surface area contributed by atoms with Gasteiger partial charge in [0.15, 0.2) is 11.7 Å². The van der Waals surface area contributed by atoms with Crippen molar-refractivity contribution in [3.05, 3.63) is 30.0 Å². The minimum atomic E-state index is -1.01. The molecule has 11 heteroatoms. The highest BCUT2D eigenvalue weighted by Gasteiger charge is 2.40. The zero-order valence-electron chi connectivity index (χ0n) is 17.7. The van der Waals surface area contributed by atoms with E-state index in [1.165, 1.54) is 16.9 Å². The van der Waals surface area contributed by atoms with Crippen molar-refractivity contribution in [3.8, 4) is 22.2 Å². The van der Waals surface area contributed by atoms with Gasteiger partial charge in [-0.2, -0.15) is 4.80 Å². The second kappa shape index (κ2) is 8.38. The Bertz CT molecular complexity index is 1120. The van der Waals surface area contributed by atoms with E-state index in [2.05, 4.69) is 25.3 Å². The number of carbonyl (C=O) groups is 1. The van der Waals surface area contributed by atoms with Crippen molar-refractivity contribution in [2.75, 3.05) is 24.6 Å². The molecule has 10 nitrogen and oxygen atoms in total. The normalized spacial score (nSPS) is 17.1. The summed E-state index contributed by atoms with van der Waals surface area (Å²) < 4.78 is 12.3. The molecule has 168 valence electrons. The number of tetrazole rings is 1. The van der Waals surface area contributed by atoms with Crippen molar-refractivity contribution in [1.29, 1.82) is 0 Å². The standard InChI is InChI=1S/C21H24N6O4S/c1-2-30-15-4-3-5-16-14(15)6-7-21(31-16)8-10-26(11-9-21)20-22-12-17(32-20)19-23-25-27(24-19)13-18(28)29/h3-5,12H,2,6-11,13H2,1H3,(H,28,29). The summed E-state index contributed by atoms with van der Waals surface area (Å²) in [5.74, 6) is 1.26. The number of benzene rings is 1. The van der Waals surface area contributed by atoms with Gasteiger partial charge >= 0.3 is 5.97 Å². The first-order chi connectivity index (χ1) is 15.5. The fraction of sp³-hybridized carbons (Fsp3) is 0.476. The van der Waals surface area contributed by atoms with E-state index >= 15 is 0 Å². The second-order valence-electron chi connectivity index (χ2n) is 7.98. The van der Waals surface area contributed by atoms with Gasteiger partial charge in [0.25, 0.3) is 0 Å². The van der Waals surface area contributed by atoms with Gasteiger partial charge in [-0.25, -0.2) is 4.98 Å². The van der Waals surface area contributed by atoms with Gasteiger partial charge in [0.2, 0.25) is 5.82 Å². The Kier molecular flexibility index (Phi) is 5.41. The Balaban J connectivity index is 1.24. The third-order valence-corrected chi connectivity index (χ3v) is 6.99. The molecule has 0 unspecified atom stereocenters. The number of thiazole rings is 1. The summed E-state index contributed by atoms with van der Waals surface area (Å²) in [4.78, 5) is 19.4. The highest BCUT2D eigenvalue weighted by molar-refractivity contribution is 7.18. The summed E-state index contributed by atoms with van der Waals surface area (Å²) in [6, 6.07) is 6.06. The lowest BCUT2D eigenvalue weighted by atomic mass is 9.83. The average Bonchev–Trinajstić information content (AvgIpc) is 3.44. The van der Waals surface area contributed by atoms with E-state index in [1.54, 1.807) is 6.20 Å². The van der Waals surface area contributed by atoms with Crippen molar-refractivity contribution < 1.29 is 19.4 Å². The first-order valence-corrected chi connectivity index (χ1v) is 11.5. The summed E-state index contributed by atoms with van der Waals surface area (Å²) in [5, 5.41) is 21.6. The molecule has 2 aliphatic heterocycles. The molecule has 1 aromatic carbocycles. The van der Waals surface area contributed by atoms with Crippen LogP contribution in [0.25, 0.3) is 10.7 Å². The lowest BCUT2D eigenvalue weighted by molar-refractivity contribution is -0.138. The van der Waals surface area contributed by atoms with E-state index in [4.69, 9.17) is 14.6 Å². The fourth-order valence-electron chi connectivity index (χ4n) is 4.32. The SMILES string of the molecule is CCOc1cccc2c1CCC1(CCN(c3ncc(-c4nnn(CC(=O)O)n4)s3)CC1)O2. The Labute approximate surface area is 188 Å². The van der Waals surface area contributed by atoms with Crippen molar-refractivity contribution >= 4 is 22.4 Å². The van der Waals surface area contributed by atoms with Crippen LogP contribution in [0.15, 0.2) is 24.4 Å². The molecule has 1 fully saturated rings. The number of nitrogens with zero attached hydrogens (tertiary/aromatic N) is 6. The van der Waals surface area contributed by atoms with Gasteiger partial charge in [-0.05, 0) is 37.1 Å². The van der Waals surface area contributed by atoms with E-state index in [9.17, 15) is 4.79 Å². The molecule has 2 aliphatic rings. The minimum Gasteiger partial charge on any atom is -0.493 e. The molecular weight excluding hydrogens is 432 g/mol. The number of fused-ring (bicyclic) bond motifs is 1. The molecule has 0 amide bonds. The van der Waals surface area contributed by atoms with Crippen LogP contribution in [0.2, 0.25) is 0 Å². The van der Waals surface area contributed by atoms with Gasteiger partial charge in [0.1, 0.15) is 17.1 Å². The quantitative estimate of drug-likeness (QED) is 0.597. The van der Waals surface area contributed by atoms with E-state index in [1.807, 2.05) is 25.1 Å². The number of carboxylic acids is 1. The van der Waals surface area contributed by atoms with Crippen LogP contribution in [0.3, 0.4) is 0 Å². The Morgan fingerprint density at radius 2 is 2.16 bits per heavy atom. The number of anilines is 1. The number of hydrogen-bond acceptors (Lipinski definition) is 9. The average molecular weight is 457 g/mol. The van der Waals surface area contributed by atoms with E-state index in [0.29, 0.717) is 12.4 Å². The zero-order chi connectivity index (χ0) is 22.1. The lowest BCUT2D eigenvalue weighted by Crippen LogP contribution is -2.49. The van der Waals surface area contributed by atoms with Gasteiger partial charge in [-0.3, -0.25) is 4.79 Å². The Morgan fingerprint density at radius 3 is 2.94 bits per heavy atom. The largest absolute Gasteiger partial charge is 0.493 e. The summed E-state index contributed by atoms with van der Waals surface area (Å²) in [6.07, 6.45) is 5.51. The van der Waals surface area contributed by atoms with E-state index in [-0.39, 0.29) is 12.1 Å². The number of aromatic nitrogens is 5. The van der Waals surface area contributed by atoms with Crippen LogP contribution in [0.5, 0.6) is 11.5 Å². The summed E-state index contributed by atoms with van der Waals surface area (Å²) in [7, 11) is 0. The smallest absolute Gasteiger partial charge is 0.327 e. The van der Waals surface area contributed by atoms with Crippen LogP contribution in [-0.2, 0) is 17.8 Å². The topological polar surface area (TPSA) is 115 Å². The molecule has 2 aromatic heterocycles. The molecular formula is C21H24N6O4S. The molecule has 0 saturated carbocycles. The molecule has 0 bridgehead atoms. The molecule has 1 spiro atoms. The lowest BCUT2D eigenvalue weighted by Gasteiger charge is -2.44. The molecule has 32 heavy (non-hydrogen) atoms. The third kappa shape index (κ3) is 3.99. The van der Waals surface area contributed by atoms with Crippen molar-refractivity contribution in [3.63, 3.8) is 0 Å². The number of rotatable bonds is 6. The number of aliphatic carboxylic acids is 1. The maximum absolute atomic E-state index is 10.8. The molecule has 0 aliphatic carbocycles. The molecule has 5 rings (SSSR count). The highest BCUT2D eigenvalue weighted by Crippen LogP contribution is 2.43. The fourth-order valence-corrected chi connectivity index (χ4v) is 5.21. The van der Waals surface area contributed by atoms with Crippen LogP contribution in [0, 0.1) is 0 Å². The number of carboxylic acid groups (broad SMARTS) is 1. The maximum atomic E-state index is 10.8. The minimum absolute atomic E-state index is 0.143. The van der Waals surface area contributed by atoms with Gasteiger partial charge in [0.05, 0.1) is 17.7 Å². The van der Waals surface area contributed by atoms with Gasteiger partial charge < -0.3 is 19.5 Å². The van der Waals surface area contributed by atoms with Crippen LogP contribution in [0.4, 0.5) is 5.13 Å². The first-order valence-electron chi connectivity index (χ1n) is 10.7. The second-order valence-corrected chi connectivity index (χ2v) is 8.99. The van der Waals surface area contributed by atoms with E-state index < -0.39 is 5.97 Å². The van der Waals surface area contributed by atoms with Crippen LogP contribution in [-0.4, -0.2) is 61.6 Å². The summed E-state index contributed by atoms with van der Waals surface area (Å²) >= 11 is 1.49. The molecule has 3 aromatic rings. The van der Waals surface area contributed by atoms with Gasteiger partial charge in [-0.1, -0.05) is 17.4 Å². The molecule has 0 atom stereocenters. The van der Waals surface area contributed by atoms with Crippen molar-refractivity contribution in [2.45, 2.75) is 44.8 Å². The summed E-state index contributed by atoms with van der Waals surface area (Å²) in [5.41, 5.74) is 1.03. The zero-order valence-corrected chi connectivity index (χ0v) is 18.5. The Morgan fingerprint density at radius 1 is 1.31 bits per heavy atom. The van der Waals surface area contributed by atoms with Crippen molar-refractivity contribution in [2.24, 2.45) is 0 Å². The Hall–Kier alpha value is -3.21. The number of ether oxygens (including phenoxy) is 2. The predicted molar refractivity (Wildman–Crippen MR) is 117 cm³/mol. The molecule has 1 saturated heterocycles. The van der Waals surface area contributed by atoms with Crippen LogP contribution < -0.4 is 14.4 Å². The van der Waals surface area contributed by atoms with Gasteiger partial charge in [0, 0.05) is 31.5 Å². The van der Waals surface area contributed by atoms with Crippen LogP contribution >= 0.6 is 11.3 Å². The monoisotopic (exact) mass is 456 g/mol. The molecule has 0 radical (unpaired) electrons.